The number of likely N-dealkylation sites (tertiary alicyclic amines) is 1. The Morgan fingerprint density at radius 3 is 3.05 bits per heavy atom. The lowest BCUT2D eigenvalue weighted by Gasteiger charge is -2.29. The molecule has 1 N–H and O–H groups in total. The maximum Gasteiger partial charge on any atom is 0.254 e. The van der Waals surface area contributed by atoms with Gasteiger partial charge in [-0.25, -0.2) is 4.98 Å². The number of carbonyl (C=O) groups excluding carboxylic acids is 1. The molecule has 6 heteroatoms. The van der Waals surface area contributed by atoms with Crippen LogP contribution in [0.4, 0.5) is 0 Å². The first-order chi connectivity index (χ1) is 10.8. The first-order valence-corrected chi connectivity index (χ1v) is 7.77. The second-order valence-corrected chi connectivity index (χ2v) is 5.76. The molecule has 0 saturated carbocycles. The number of nitrogens with zero attached hydrogens (tertiary/aromatic N) is 2. The quantitative estimate of drug-likeness (QED) is 0.915. The van der Waals surface area contributed by atoms with Crippen LogP contribution in [0.25, 0.3) is 11.0 Å². The van der Waals surface area contributed by atoms with E-state index in [1.54, 1.807) is 0 Å². The van der Waals surface area contributed by atoms with Crippen molar-refractivity contribution in [2.45, 2.75) is 25.0 Å². The van der Waals surface area contributed by atoms with Gasteiger partial charge >= 0.3 is 0 Å². The van der Waals surface area contributed by atoms with E-state index < -0.39 is 6.10 Å². The summed E-state index contributed by atoms with van der Waals surface area (Å²) in [6.07, 6.45) is 1.44. The summed E-state index contributed by atoms with van der Waals surface area (Å²) in [6.45, 7) is 2.15. The third kappa shape index (κ3) is 2.38. The van der Waals surface area contributed by atoms with Gasteiger partial charge in [0, 0.05) is 6.54 Å². The SMILES string of the molecule is O=C([C@@H]1COCCO1)N1CCC[C@H]1c1nc2ccccc2[nH]1. The van der Waals surface area contributed by atoms with Crippen molar-refractivity contribution in [3.63, 3.8) is 0 Å². The van der Waals surface area contributed by atoms with Crippen molar-refractivity contribution in [1.82, 2.24) is 14.9 Å². The van der Waals surface area contributed by atoms with Crippen molar-refractivity contribution in [2.75, 3.05) is 26.4 Å². The minimum Gasteiger partial charge on any atom is -0.376 e. The number of hydrogen-bond acceptors (Lipinski definition) is 4. The molecule has 2 saturated heterocycles. The van der Waals surface area contributed by atoms with Crippen LogP contribution in [0.5, 0.6) is 0 Å². The summed E-state index contributed by atoms with van der Waals surface area (Å²) in [6, 6.07) is 7.94. The van der Waals surface area contributed by atoms with Gasteiger partial charge in [-0.15, -0.1) is 0 Å². The van der Waals surface area contributed by atoms with Crippen molar-refractivity contribution < 1.29 is 14.3 Å². The van der Waals surface area contributed by atoms with Gasteiger partial charge in [0.15, 0.2) is 6.10 Å². The number of aromatic nitrogens is 2. The van der Waals surface area contributed by atoms with Crippen LogP contribution in [-0.4, -0.2) is 53.2 Å². The van der Waals surface area contributed by atoms with Crippen LogP contribution in [-0.2, 0) is 14.3 Å². The third-order valence-corrected chi connectivity index (χ3v) is 4.35. The topological polar surface area (TPSA) is 67.5 Å². The molecule has 4 rings (SSSR count). The predicted molar refractivity (Wildman–Crippen MR) is 80.3 cm³/mol. The van der Waals surface area contributed by atoms with Gasteiger partial charge in [-0.05, 0) is 25.0 Å². The Morgan fingerprint density at radius 1 is 1.32 bits per heavy atom. The van der Waals surface area contributed by atoms with Crippen molar-refractivity contribution in [3.05, 3.63) is 30.1 Å². The van der Waals surface area contributed by atoms with Gasteiger partial charge in [0.2, 0.25) is 0 Å². The van der Waals surface area contributed by atoms with E-state index in [-0.39, 0.29) is 11.9 Å². The van der Waals surface area contributed by atoms with Crippen molar-refractivity contribution in [2.24, 2.45) is 0 Å². The number of carbonyl (C=O) groups is 1. The van der Waals surface area contributed by atoms with Crippen LogP contribution in [0, 0.1) is 0 Å². The van der Waals surface area contributed by atoms with Crippen molar-refractivity contribution >= 4 is 16.9 Å². The summed E-state index contributed by atoms with van der Waals surface area (Å²) in [4.78, 5) is 22.6. The molecular formula is C16H19N3O3. The number of para-hydroxylation sites is 2. The van der Waals surface area contributed by atoms with Crippen LogP contribution >= 0.6 is 0 Å². The number of amides is 1. The zero-order valence-corrected chi connectivity index (χ0v) is 12.3. The molecule has 0 aliphatic carbocycles. The van der Waals surface area contributed by atoms with Crippen molar-refractivity contribution in [3.8, 4) is 0 Å². The van der Waals surface area contributed by atoms with E-state index >= 15 is 0 Å². The molecular weight excluding hydrogens is 282 g/mol. The number of nitrogens with one attached hydrogen (secondary N) is 1. The number of aromatic amines is 1. The number of rotatable bonds is 2. The molecule has 2 aromatic rings. The lowest BCUT2D eigenvalue weighted by Crippen LogP contribution is -2.45. The fraction of sp³-hybridized carbons (Fsp3) is 0.500. The molecule has 3 heterocycles. The molecule has 1 aromatic carbocycles. The maximum absolute atomic E-state index is 12.7. The molecule has 2 aliphatic rings. The molecule has 2 aliphatic heterocycles. The largest absolute Gasteiger partial charge is 0.376 e. The monoisotopic (exact) mass is 301 g/mol. The molecule has 6 nitrogen and oxygen atoms in total. The summed E-state index contributed by atoms with van der Waals surface area (Å²) in [5.41, 5.74) is 1.95. The minimum atomic E-state index is -0.473. The average molecular weight is 301 g/mol. The van der Waals surface area contributed by atoms with Gasteiger partial charge in [0.25, 0.3) is 5.91 Å². The lowest BCUT2D eigenvalue weighted by atomic mass is 10.2. The van der Waals surface area contributed by atoms with Crippen LogP contribution in [0.1, 0.15) is 24.7 Å². The molecule has 2 fully saturated rings. The highest BCUT2D eigenvalue weighted by molar-refractivity contribution is 5.82. The van der Waals surface area contributed by atoms with Gasteiger partial charge < -0.3 is 19.4 Å². The van der Waals surface area contributed by atoms with E-state index in [2.05, 4.69) is 9.97 Å². The summed E-state index contributed by atoms with van der Waals surface area (Å²) in [5, 5.41) is 0. The van der Waals surface area contributed by atoms with Gasteiger partial charge in [-0.2, -0.15) is 0 Å². The van der Waals surface area contributed by atoms with Gasteiger partial charge in [0.05, 0.1) is 36.9 Å². The van der Waals surface area contributed by atoms with E-state index in [0.29, 0.717) is 19.8 Å². The maximum atomic E-state index is 12.7. The second-order valence-electron chi connectivity index (χ2n) is 5.76. The number of hydrogen-bond donors (Lipinski definition) is 1. The van der Waals surface area contributed by atoms with Crippen LogP contribution in [0.2, 0.25) is 0 Å². The minimum absolute atomic E-state index is 0.00502. The Labute approximate surface area is 128 Å². The molecule has 0 bridgehead atoms. The molecule has 0 radical (unpaired) electrons. The Hall–Kier alpha value is -1.92. The van der Waals surface area contributed by atoms with Gasteiger partial charge in [-0.1, -0.05) is 12.1 Å². The molecule has 22 heavy (non-hydrogen) atoms. The summed E-state index contributed by atoms with van der Waals surface area (Å²) >= 11 is 0. The summed E-state index contributed by atoms with van der Waals surface area (Å²) < 4.78 is 10.9. The zero-order valence-electron chi connectivity index (χ0n) is 12.3. The highest BCUT2D eigenvalue weighted by atomic mass is 16.6. The predicted octanol–water partition coefficient (Wildman–Crippen LogP) is 1.64. The lowest BCUT2D eigenvalue weighted by molar-refractivity contribution is -0.159. The number of benzene rings is 1. The molecule has 1 amide bonds. The fourth-order valence-electron chi connectivity index (χ4n) is 3.26. The van der Waals surface area contributed by atoms with Gasteiger partial charge in [-0.3, -0.25) is 4.79 Å². The highest BCUT2D eigenvalue weighted by Crippen LogP contribution is 2.32. The van der Waals surface area contributed by atoms with Crippen LogP contribution < -0.4 is 0 Å². The highest BCUT2D eigenvalue weighted by Gasteiger charge is 2.36. The normalized spacial score (nSPS) is 25.7. The second kappa shape index (κ2) is 5.70. The van der Waals surface area contributed by atoms with E-state index in [1.807, 2.05) is 29.2 Å². The van der Waals surface area contributed by atoms with E-state index in [0.717, 1.165) is 36.2 Å². The Morgan fingerprint density at radius 2 is 2.23 bits per heavy atom. The average Bonchev–Trinajstić information content (AvgIpc) is 3.21. The molecule has 1 aromatic heterocycles. The number of ether oxygens (including phenoxy) is 2. The van der Waals surface area contributed by atoms with E-state index in [4.69, 9.17) is 9.47 Å². The first kappa shape index (κ1) is 13.7. The Bertz CT molecular complexity index is 645. The van der Waals surface area contributed by atoms with Gasteiger partial charge in [0.1, 0.15) is 5.82 Å². The molecule has 2 atom stereocenters. The smallest absolute Gasteiger partial charge is 0.254 e. The third-order valence-electron chi connectivity index (χ3n) is 4.35. The van der Waals surface area contributed by atoms with E-state index in [9.17, 15) is 4.79 Å². The molecule has 0 unspecified atom stereocenters. The van der Waals surface area contributed by atoms with Crippen molar-refractivity contribution in [1.29, 1.82) is 0 Å². The first-order valence-electron chi connectivity index (χ1n) is 7.77. The molecule has 0 spiro atoms. The Kier molecular flexibility index (Phi) is 3.56. The Balaban J connectivity index is 1.58. The summed E-state index contributed by atoms with van der Waals surface area (Å²) in [7, 11) is 0. The molecule has 116 valence electrons. The van der Waals surface area contributed by atoms with Crippen LogP contribution in [0.15, 0.2) is 24.3 Å². The number of H-pyrrole nitrogens is 1. The standard InChI is InChI=1S/C16H19N3O3/c20-16(14-10-21-8-9-22-14)19-7-3-6-13(19)15-17-11-4-1-2-5-12(11)18-15/h1-2,4-5,13-14H,3,6-10H2,(H,17,18)/t13-,14-/m0/s1. The number of fused-ring (bicyclic) bond motifs is 1. The number of imidazole rings is 1. The van der Waals surface area contributed by atoms with Crippen LogP contribution in [0.3, 0.4) is 0 Å². The fourth-order valence-corrected chi connectivity index (χ4v) is 3.26. The van der Waals surface area contributed by atoms with E-state index in [1.165, 1.54) is 0 Å². The summed E-state index contributed by atoms with van der Waals surface area (Å²) in [5.74, 6) is 0.881. The zero-order chi connectivity index (χ0) is 14.9.